The van der Waals surface area contributed by atoms with E-state index in [0.717, 1.165) is 4.68 Å². The summed E-state index contributed by atoms with van der Waals surface area (Å²) in [4.78, 5) is 3.74. The molecule has 10 heteroatoms. The van der Waals surface area contributed by atoms with Gasteiger partial charge in [-0.3, -0.25) is 5.41 Å². The van der Waals surface area contributed by atoms with Crippen LogP contribution in [0.1, 0.15) is 12.1 Å². The summed E-state index contributed by atoms with van der Waals surface area (Å²) >= 11 is 0. The maximum Gasteiger partial charge on any atom is 0.215 e. The highest BCUT2D eigenvalue weighted by Crippen LogP contribution is 2.28. The molecule has 2 heterocycles. The van der Waals surface area contributed by atoms with E-state index in [1.165, 1.54) is 6.33 Å². The highest BCUT2D eigenvalue weighted by molar-refractivity contribution is 5.90. The molecule has 1 aliphatic rings. The van der Waals surface area contributed by atoms with Gasteiger partial charge >= 0.3 is 0 Å². The first-order valence-electron chi connectivity index (χ1n) is 4.92. The Bertz CT molecular complexity index is 427. The van der Waals surface area contributed by atoms with Crippen molar-refractivity contribution in [3.05, 3.63) is 12.2 Å². The third kappa shape index (κ3) is 2.44. The number of nitrogens with zero attached hydrogens (tertiary/aromatic N) is 3. The number of aliphatic hydroxyl groups excluding tert-OH is 3. The Morgan fingerprint density at radius 2 is 2.17 bits per heavy atom. The van der Waals surface area contributed by atoms with Crippen LogP contribution in [-0.2, 0) is 4.74 Å². The lowest BCUT2D eigenvalue weighted by Gasteiger charge is -2.13. The van der Waals surface area contributed by atoms with Crippen LogP contribution >= 0.6 is 12.4 Å². The molecule has 0 spiro atoms. The first kappa shape index (κ1) is 14.8. The fraction of sp³-hybridized carbons (Fsp3) is 0.625. The van der Waals surface area contributed by atoms with Crippen LogP contribution in [0.15, 0.2) is 6.33 Å². The second-order valence-corrected chi connectivity index (χ2v) is 3.69. The van der Waals surface area contributed by atoms with Crippen LogP contribution < -0.4 is 5.73 Å². The molecule has 0 saturated carbocycles. The van der Waals surface area contributed by atoms with Crippen molar-refractivity contribution < 1.29 is 20.1 Å². The van der Waals surface area contributed by atoms with Gasteiger partial charge in [-0.15, -0.1) is 17.5 Å². The molecule has 0 radical (unpaired) electrons. The van der Waals surface area contributed by atoms with Gasteiger partial charge in [0.1, 0.15) is 24.6 Å². The average molecular weight is 285 g/mol. The second kappa shape index (κ2) is 5.59. The van der Waals surface area contributed by atoms with Crippen LogP contribution in [0.4, 0.5) is 0 Å². The molecule has 18 heavy (non-hydrogen) atoms. The maximum absolute atomic E-state index is 9.70. The van der Waals surface area contributed by atoms with Crippen LogP contribution in [0, 0.1) is 5.41 Å². The monoisotopic (exact) mass is 284 g/mol. The van der Waals surface area contributed by atoms with Gasteiger partial charge in [-0.05, 0) is 0 Å². The Morgan fingerprint density at radius 3 is 2.61 bits per heavy atom. The van der Waals surface area contributed by atoms with E-state index in [9.17, 15) is 10.2 Å². The van der Waals surface area contributed by atoms with Crippen molar-refractivity contribution in [2.45, 2.75) is 24.5 Å². The molecular weight excluding hydrogens is 271 g/mol. The number of aromatic nitrogens is 3. The number of nitrogens with one attached hydrogen (secondary N) is 1. The van der Waals surface area contributed by atoms with Crippen molar-refractivity contribution in [1.29, 1.82) is 5.41 Å². The third-order valence-electron chi connectivity index (χ3n) is 2.53. The molecule has 9 nitrogen and oxygen atoms in total. The van der Waals surface area contributed by atoms with Crippen LogP contribution in [0.2, 0.25) is 0 Å². The number of ether oxygens (including phenoxy) is 1. The lowest BCUT2D eigenvalue weighted by Crippen LogP contribution is -2.33. The predicted octanol–water partition coefficient (Wildman–Crippen LogP) is -2.40. The molecule has 2 rings (SSSR count). The Morgan fingerprint density at radius 1 is 1.50 bits per heavy atom. The fourth-order valence-corrected chi connectivity index (χ4v) is 1.62. The van der Waals surface area contributed by atoms with Crippen molar-refractivity contribution >= 4 is 18.2 Å². The molecule has 1 fully saturated rings. The van der Waals surface area contributed by atoms with E-state index in [4.69, 9.17) is 21.0 Å². The highest BCUT2D eigenvalue weighted by Gasteiger charge is 2.43. The number of hydrogen-bond acceptors (Lipinski definition) is 7. The number of hydrogen-bond donors (Lipinski definition) is 5. The summed E-state index contributed by atoms with van der Waals surface area (Å²) in [6.07, 6.45) is -3.02. The molecule has 0 unspecified atom stereocenters. The summed E-state index contributed by atoms with van der Waals surface area (Å²) in [7, 11) is 0. The summed E-state index contributed by atoms with van der Waals surface area (Å²) in [5, 5.41) is 39.1. The number of amidine groups is 1. The second-order valence-electron chi connectivity index (χ2n) is 3.69. The van der Waals surface area contributed by atoms with Gasteiger partial charge in [0.15, 0.2) is 12.1 Å². The average Bonchev–Trinajstić information content (AvgIpc) is 2.87. The molecule has 4 atom stereocenters. The molecular formula is C8H14ClN5O4. The van der Waals surface area contributed by atoms with E-state index in [1.54, 1.807) is 0 Å². The van der Waals surface area contributed by atoms with Gasteiger partial charge in [0.25, 0.3) is 0 Å². The van der Waals surface area contributed by atoms with Crippen molar-refractivity contribution in [3.8, 4) is 0 Å². The van der Waals surface area contributed by atoms with E-state index < -0.39 is 31.1 Å². The number of halogens is 1. The van der Waals surface area contributed by atoms with E-state index >= 15 is 0 Å². The van der Waals surface area contributed by atoms with Gasteiger partial charge in [-0.1, -0.05) is 0 Å². The summed E-state index contributed by atoms with van der Waals surface area (Å²) in [5.74, 6) is -0.307. The van der Waals surface area contributed by atoms with E-state index in [-0.39, 0.29) is 24.1 Å². The van der Waals surface area contributed by atoms with Crippen molar-refractivity contribution in [2.75, 3.05) is 6.61 Å². The normalized spacial score (nSPS) is 31.1. The number of rotatable bonds is 3. The van der Waals surface area contributed by atoms with Gasteiger partial charge in [0, 0.05) is 0 Å². The molecule has 0 aromatic carbocycles. The Labute approximate surface area is 108 Å². The molecule has 1 aromatic heterocycles. The molecule has 0 aliphatic carbocycles. The predicted molar refractivity (Wildman–Crippen MR) is 61.3 cm³/mol. The van der Waals surface area contributed by atoms with E-state index in [2.05, 4.69) is 10.1 Å². The minimum absolute atomic E-state index is 0. The maximum atomic E-state index is 9.70. The topological polar surface area (TPSA) is 150 Å². The first-order chi connectivity index (χ1) is 8.04. The van der Waals surface area contributed by atoms with Gasteiger partial charge in [-0.25, -0.2) is 9.67 Å². The zero-order valence-corrected chi connectivity index (χ0v) is 9.99. The summed E-state index contributed by atoms with van der Waals surface area (Å²) in [5.41, 5.74) is 5.19. The molecule has 1 saturated heterocycles. The summed E-state index contributed by atoms with van der Waals surface area (Å²) < 4.78 is 6.37. The Hall–Kier alpha value is -1.26. The molecule has 1 aromatic rings. The standard InChI is InChI=1S/C8H13N5O4.ClH/c9-6(10)7-11-2-13(12-7)8-5(16)4(15)3(1-14)17-8;/h2-5,8,14-16H,1H2,(H3,9,10);1H/t3-,4-,5-,8-;/m1./s1/i1+1,3+1,4+1,5+1,8+1;. The lowest BCUT2D eigenvalue weighted by molar-refractivity contribution is -0.0588. The summed E-state index contributed by atoms with van der Waals surface area (Å²) in [6.45, 7) is -0.414. The third-order valence-corrected chi connectivity index (χ3v) is 2.53. The molecule has 102 valence electrons. The molecule has 1 aliphatic heterocycles. The van der Waals surface area contributed by atoms with Crippen LogP contribution in [0.5, 0.6) is 0 Å². The Balaban J connectivity index is 0.00000162. The summed E-state index contributed by atoms with van der Waals surface area (Å²) in [6, 6.07) is 0. The van der Waals surface area contributed by atoms with Crippen molar-refractivity contribution in [3.63, 3.8) is 0 Å². The van der Waals surface area contributed by atoms with Gasteiger partial charge in [-0.2, -0.15) is 0 Å². The lowest BCUT2D eigenvalue weighted by atomic mass is 10.6. The zero-order valence-electron chi connectivity index (χ0n) is 9.17. The van der Waals surface area contributed by atoms with Gasteiger partial charge in [0.05, 0.1) is 6.61 Å². The molecule has 6 N–H and O–H groups in total. The van der Waals surface area contributed by atoms with Crippen molar-refractivity contribution in [1.82, 2.24) is 14.8 Å². The molecule has 0 bridgehead atoms. The first-order valence-corrected chi connectivity index (χ1v) is 4.92. The van der Waals surface area contributed by atoms with Gasteiger partial charge < -0.3 is 25.8 Å². The van der Waals surface area contributed by atoms with E-state index in [0.29, 0.717) is 0 Å². The zero-order chi connectivity index (χ0) is 12.6. The highest BCUT2D eigenvalue weighted by atomic mass is 35.5. The number of nitrogen functional groups attached to an aromatic ring is 1. The minimum atomic E-state index is -1.23. The van der Waals surface area contributed by atoms with Crippen LogP contribution in [0.25, 0.3) is 0 Å². The number of aliphatic hydroxyl groups is 3. The minimum Gasteiger partial charge on any atom is -0.394 e. The fourth-order valence-electron chi connectivity index (χ4n) is 1.62. The largest absolute Gasteiger partial charge is 0.394 e. The quantitative estimate of drug-likeness (QED) is 0.236. The molecule has 0 amide bonds. The number of nitrogens with two attached hydrogens (primary N) is 1. The SMILES string of the molecule is Cl.N=C(N)c1ncn([13C@@H]2O[13C@H]([13CH2]O)[13C@@H](O)[13C@H]2O)n1. The Kier molecular flexibility index (Phi) is 4.59. The van der Waals surface area contributed by atoms with Crippen molar-refractivity contribution in [2.24, 2.45) is 5.73 Å². The van der Waals surface area contributed by atoms with Crippen LogP contribution in [0.3, 0.4) is 0 Å². The van der Waals surface area contributed by atoms with Crippen LogP contribution in [-0.4, -0.2) is 60.8 Å². The van der Waals surface area contributed by atoms with E-state index in [1.807, 2.05) is 0 Å². The smallest absolute Gasteiger partial charge is 0.215 e. The van der Waals surface area contributed by atoms with Gasteiger partial charge in [0.2, 0.25) is 5.82 Å².